The van der Waals surface area contributed by atoms with Gasteiger partial charge in [-0.2, -0.15) is 13.2 Å². The van der Waals surface area contributed by atoms with Gasteiger partial charge in [-0.1, -0.05) is 12.1 Å². The number of hydrogen-bond donors (Lipinski definition) is 2. The summed E-state index contributed by atoms with van der Waals surface area (Å²) in [5.41, 5.74) is 0. The molecule has 0 spiro atoms. The number of nitrogens with zero attached hydrogens (tertiary/aromatic N) is 2. The summed E-state index contributed by atoms with van der Waals surface area (Å²) in [4.78, 5) is 5.99. The average molecular weight is 528 g/mol. The van der Waals surface area contributed by atoms with Crippen LogP contribution in [0.5, 0.6) is 11.5 Å². The van der Waals surface area contributed by atoms with Crippen molar-refractivity contribution in [3.8, 4) is 11.5 Å². The monoisotopic (exact) mass is 528 g/mol. The molecule has 2 unspecified atom stereocenters. The molecule has 0 aromatic heterocycles. The zero-order valence-corrected chi connectivity index (χ0v) is 18.7. The van der Waals surface area contributed by atoms with E-state index in [1.807, 2.05) is 31.2 Å². The highest BCUT2D eigenvalue weighted by Crippen LogP contribution is 2.30. The van der Waals surface area contributed by atoms with Crippen molar-refractivity contribution >= 4 is 29.9 Å². The van der Waals surface area contributed by atoms with E-state index >= 15 is 0 Å². The van der Waals surface area contributed by atoms with Crippen LogP contribution in [0.3, 0.4) is 0 Å². The summed E-state index contributed by atoms with van der Waals surface area (Å²) in [5.74, 6) is 2.24. The quantitative estimate of drug-likeness (QED) is 0.338. The van der Waals surface area contributed by atoms with E-state index in [1.54, 1.807) is 0 Å². The van der Waals surface area contributed by atoms with E-state index in [-0.39, 0.29) is 36.0 Å². The molecule has 0 amide bonds. The van der Waals surface area contributed by atoms with Gasteiger partial charge in [0.1, 0.15) is 12.7 Å². The lowest BCUT2D eigenvalue weighted by Gasteiger charge is -2.27. The fourth-order valence-corrected chi connectivity index (χ4v) is 3.40. The van der Waals surface area contributed by atoms with Crippen molar-refractivity contribution in [2.75, 3.05) is 45.9 Å². The van der Waals surface area contributed by atoms with Crippen LogP contribution in [0.4, 0.5) is 13.2 Å². The first-order chi connectivity index (χ1) is 13.4. The molecule has 2 aliphatic heterocycles. The molecule has 1 aromatic carbocycles. The molecule has 1 fully saturated rings. The highest BCUT2D eigenvalue weighted by Gasteiger charge is 2.34. The van der Waals surface area contributed by atoms with Gasteiger partial charge in [-0.25, -0.2) is 0 Å². The van der Waals surface area contributed by atoms with Crippen molar-refractivity contribution in [3.05, 3.63) is 24.3 Å². The van der Waals surface area contributed by atoms with E-state index in [1.165, 1.54) is 4.90 Å². The van der Waals surface area contributed by atoms with Crippen LogP contribution in [0, 0.1) is 5.92 Å². The van der Waals surface area contributed by atoms with E-state index in [2.05, 4.69) is 15.6 Å². The standard InChI is InChI=1S/C19H27F3N4O2.HI/c1-2-23-18(24-9-14-7-8-26(11-14)13-19(20,21)22)25-10-15-12-27-16-5-3-4-6-17(16)28-15;/h3-6,14-15H,2,7-13H2,1H3,(H2,23,24,25);1H. The first kappa shape index (κ1) is 23.8. The Hall–Kier alpha value is -1.43. The Morgan fingerprint density at radius 1 is 1.24 bits per heavy atom. The number of likely N-dealkylation sites (tertiary alicyclic amines) is 1. The van der Waals surface area contributed by atoms with Crippen molar-refractivity contribution in [1.82, 2.24) is 15.5 Å². The van der Waals surface area contributed by atoms with Crippen LogP contribution in [-0.4, -0.2) is 69.0 Å². The van der Waals surface area contributed by atoms with Crippen molar-refractivity contribution in [1.29, 1.82) is 0 Å². The van der Waals surface area contributed by atoms with E-state index in [9.17, 15) is 13.2 Å². The van der Waals surface area contributed by atoms with Gasteiger partial charge in [0, 0.05) is 19.6 Å². The summed E-state index contributed by atoms with van der Waals surface area (Å²) in [7, 11) is 0. The van der Waals surface area contributed by atoms with Gasteiger partial charge in [0.05, 0.1) is 13.1 Å². The highest BCUT2D eigenvalue weighted by atomic mass is 127. The first-order valence-electron chi connectivity index (χ1n) is 9.62. The molecule has 2 atom stereocenters. The Balaban J connectivity index is 0.00000300. The lowest BCUT2D eigenvalue weighted by molar-refractivity contribution is -0.143. The molecular weight excluding hydrogens is 500 g/mol. The van der Waals surface area contributed by atoms with Crippen LogP contribution in [0.2, 0.25) is 0 Å². The summed E-state index contributed by atoms with van der Waals surface area (Å²) < 4.78 is 49.1. The zero-order valence-electron chi connectivity index (χ0n) is 16.4. The third-order valence-electron chi connectivity index (χ3n) is 4.69. The summed E-state index contributed by atoms with van der Waals surface area (Å²) in [6.07, 6.45) is -3.56. The van der Waals surface area contributed by atoms with Crippen LogP contribution < -0.4 is 20.1 Å². The number of fused-ring (bicyclic) bond motifs is 1. The third kappa shape index (κ3) is 7.72. The van der Waals surface area contributed by atoms with Gasteiger partial charge in [-0.3, -0.25) is 9.89 Å². The Kier molecular flexibility index (Phi) is 9.12. The minimum absolute atomic E-state index is 0. The van der Waals surface area contributed by atoms with Crippen LogP contribution in [0.1, 0.15) is 13.3 Å². The highest BCUT2D eigenvalue weighted by molar-refractivity contribution is 14.0. The maximum absolute atomic E-state index is 12.5. The van der Waals surface area contributed by atoms with Gasteiger partial charge >= 0.3 is 6.18 Å². The number of para-hydroxylation sites is 2. The van der Waals surface area contributed by atoms with E-state index in [4.69, 9.17) is 9.47 Å². The average Bonchev–Trinajstić information content (AvgIpc) is 3.09. The molecule has 29 heavy (non-hydrogen) atoms. The second-order valence-corrected chi connectivity index (χ2v) is 7.10. The molecule has 2 aliphatic rings. The number of hydrogen-bond acceptors (Lipinski definition) is 4. The Labute approximate surface area is 186 Å². The van der Waals surface area contributed by atoms with Gasteiger partial charge in [0.2, 0.25) is 0 Å². The molecule has 10 heteroatoms. The number of nitrogens with one attached hydrogen (secondary N) is 2. The summed E-state index contributed by atoms with van der Waals surface area (Å²) in [6, 6.07) is 7.53. The van der Waals surface area contributed by atoms with Gasteiger partial charge in [0.15, 0.2) is 17.5 Å². The molecule has 3 rings (SSSR count). The predicted molar refractivity (Wildman–Crippen MR) is 116 cm³/mol. The van der Waals surface area contributed by atoms with E-state index in [0.717, 1.165) is 17.9 Å². The van der Waals surface area contributed by atoms with Crippen molar-refractivity contribution in [2.45, 2.75) is 25.6 Å². The number of rotatable bonds is 6. The third-order valence-corrected chi connectivity index (χ3v) is 4.69. The fraction of sp³-hybridized carbons (Fsp3) is 0.632. The number of aliphatic imine (C=N–C) groups is 1. The Bertz CT molecular complexity index is 675. The second-order valence-electron chi connectivity index (χ2n) is 7.10. The number of halogens is 4. The topological polar surface area (TPSA) is 58.1 Å². The zero-order chi connectivity index (χ0) is 20.0. The number of ether oxygens (including phenoxy) is 2. The molecular formula is C19H28F3IN4O2. The van der Waals surface area contributed by atoms with Crippen LogP contribution >= 0.6 is 24.0 Å². The van der Waals surface area contributed by atoms with Gasteiger partial charge in [0.25, 0.3) is 0 Å². The summed E-state index contributed by atoms with van der Waals surface area (Å²) in [6.45, 7) is 4.18. The lowest BCUT2D eigenvalue weighted by Crippen LogP contribution is -2.45. The van der Waals surface area contributed by atoms with Gasteiger partial charge in [-0.15, -0.1) is 24.0 Å². The van der Waals surface area contributed by atoms with Gasteiger partial charge < -0.3 is 20.1 Å². The number of alkyl halides is 3. The van der Waals surface area contributed by atoms with Crippen molar-refractivity contribution in [3.63, 3.8) is 0 Å². The molecule has 1 saturated heterocycles. The molecule has 164 valence electrons. The molecule has 2 heterocycles. The Morgan fingerprint density at radius 2 is 2.00 bits per heavy atom. The summed E-state index contributed by atoms with van der Waals surface area (Å²) in [5, 5.41) is 6.40. The van der Waals surface area contributed by atoms with Crippen LogP contribution in [0.15, 0.2) is 29.3 Å². The van der Waals surface area contributed by atoms with Crippen molar-refractivity contribution in [2.24, 2.45) is 10.9 Å². The maximum Gasteiger partial charge on any atom is 0.401 e. The van der Waals surface area contributed by atoms with Crippen LogP contribution in [0.25, 0.3) is 0 Å². The molecule has 6 nitrogen and oxygen atoms in total. The number of benzene rings is 1. The number of guanidine groups is 1. The first-order valence-corrected chi connectivity index (χ1v) is 9.62. The molecule has 0 aliphatic carbocycles. The van der Waals surface area contributed by atoms with Crippen molar-refractivity contribution < 1.29 is 22.6 Å². The SMILES string of the molecule is CCNC(=NCC1CCN(CC(F)(F)F)C1)NCC1COc2ccccc2O1.I. The van der Waals surface area contributed by atoms with E-state index < -0.39 is 12.7 Å². The minimum atomic E-state index is -4.14. The van der Waals surface area contributed by atoms with E-state index in [0.29, 0.717) is 45.3 Å². The van der Waals surface area contributed by atoms with Crippen LogP contribution in [-0.2, 0) is 0 Å². The van der Waals surface area contributed by atoms with Gasteiger partial charge in [-0.05, 0) is 37.9 Å². The molecule has 0 saturated carbocycles. The fourth-order valence-electron chi connectivity index (χ4n) is 3.40. The molecule has 0 bridgehead atoms. The molecule has 1 aromatic rings. The molecule has 2 N–H and O–H groups in total. The normalized spacial score (nSPS) is 22.1. The summed E-state index contributed by atoms with van der Waals surface area (Å²) >= 11 is 0. The predicted octanol–water partition coefficient (Wildman–Crippen LogP) is 2.88. The maximum atomic E-state index is 12.5. The minimum Gasteiger partial charge on any atom is -0.486 e. The largest absolute Gasteiger partial charge is 0.486 e. The molecule has 0 radical (unpaired) electrons. The smallest absolute Gasteiger partial charge is 0.401 e. The Morgan fingerprint density at radius 3 is 2.72 bits per heavy atom. The second kappa shape index (κ2) is 11.1. The lowest BCUT2D eigenvalue weighted by atomic mass is 10.1.